The van der Waals surface area contributed by atoms with Crippen LogP contribution in [0, 0.1) is 0 Å². The Kier molecular flexibility index (Phi) is 52.2. The van der Waals surface area contributed by atoms with Gasteiger partial charge in [0.2, 0.25) is 5.91 Å². The molecular formula is C68H121NO10. The molecular weight excluding hydrogens is 991 g/mol. The highest BCUT2D eigenvalue weighted by molar-refractivity contribution is 5.80. The number of allylic oxidation sites excluding steroid dienone is 11. The SMILES string of the molecule is CCCCC/C=C\C/C=C\C/C=C\C/C=C\CCCCCC(=O)OC1C(OCC(NC(=O)C(O)CCCCCCCCCCCC/C=C/CCCCCCCC)C(O)/C=C/CCCCCCCCCCC)OC(CO)C(O)C1O. The third-order valence-electron chi connectivity index (χ3n) is 15.1. The third kappa shape index (κ3) is 43.5. The van der Waals surface area contributed by atoms with Crippen molar-refractivity contribution in [3.63, 3.8) is 0 Å². The average Bonchev–Trinajstić information content (AvgIpc) is 3.47. The molecule has 0 bridgehead atoms. The summed E-state index contributed by atoms with van der Waals surface area (Å²) in [6.07, 6.45) is 60.8. The van der Waals surface area contributed by atoms with E-state index in [2.05, 4.69) is 86.8 Å². The molecule has 1 amide bonds. The lowest BCUT2D eigenvalue weighted by Crippen LogP contribution is -2.61. The molecule has 8 atom stereocenters. The Morgan fingerprint density at radius 3 is 1.34 bits per heavy atom. The highest BCUT2D eigenvalue weighted by Gasteiger charge is 2.47. The molecule has 0 aromatic heterocycles. The number of carbonyl (C=O) groups is 2. The second-order valence-corrected chi connectivity index (χ2v) is 22.5. The van der Waals surface area contributed by atoms with Gasteiger partial charge in [0, 0.05) is 6.42 Å². The van der Waals surface area contributed by atoms with Crippen LogP contribution in [0.25, 0.3) is 0 Å². The molecule has 11 heteroatoms. The highest BCUT2D eigenvalue weighted by atomic mass is 16.7. The van der Waals surface area contributed by atoms with Gasteiger partial charge in [-0.15, -0.1) is 0 Å². The first-order valence-corrected chi connectivity index (χ1v) is 32.7. The Morgan fingerprint density at radius 2 is 0.873 bits per heavy atom. The monoisotopic (exact) mass is 1110 g/mol. The Balaban J connectivity index is 2.65. The van der Waals surface area contributed by atoms with Gasteiger partial charge >= 0.3 is 5.97 Å². The van der Waals surface area contributed by atoms with Crippen LogP contribution in [0.2, 0.25) is 0 Å². The summed E-state index contributed by atoms with van der Waals surface area (Å²) in [4.78, 5) is 26.6. The fraction of sp³-hybridized carbons (Fsp3) is 0.794. The maximum Gasteiger partial charge on any atom is 0.306 e. The summed E-state index contributed by atoms with van der Waals surface area (Å²) < 4.78 is 17.6. The van der Waals surface area contributed by atoms with Gasteiger partial charge < -0.3 is 45.1 Å². The van der Waals surface area contributed by atoms with Crippen molar-refractivity contribution >= 4 is 11.9 Å². The van der Waals surface area contributed by atoms with Gasteiger partial charge in [0.1, 0.15) is 24.4 Å². The second kappa shape index (κ2) is 55.6. The maximum absolute atomic E-state index is 13.4. The molecule has 1 aliphatic rings. The van der Waals surface area contributed by atoms with Crippen molar-refractivity contribution < 1.29 is 49.3 Å². The van der Waals surface area contributed by atoms with Crippen LogP contribution in [0.15, 0.2) is 72.9 Å². The molecule has 0 aromatic carbocycles. The van der Waals surface area contributed by atoms with Crippen molar-refractivity contribution in [1.29, 1.82) is 0 Å². The van der Waals surface area contributed by atoms with Gasteiger partial charge in [0.15, 0.2) is 12.4 Å². The molecule has 1 fully saturated rings. The average molecular weight is 1110 g/mol. The van der Waals surface area contributed by atoms with Crippen LogP contribution in [0.5, 0.6) is 0 Å². The number of amides is 1. The summed E-state index contributed by atoms with van der Waals surface area (Å²) in [6, 6.07) is -1.03. The van der Waals surface area contributed by atoms with Crippen molar-refractivity contribution in [2.75, 3.05) is 13.2 Å². The Labute approximate surface area is 483 Å². The lowest BCUT2D eigenvalue weighted by molar-refractivity contribution is -0.305. The van der Waals surface area contributed by atoms with E-state index in [1.54, 1.807) is 6.08 Å². The number of ether oxygens (including phenoxy) is 3. The zero-order valence-corrected chi connectivity index (χ0v) is 50.7. The molecule has 79 heavy (non-hydrogen) atoms. The zero-order valence-electron chi connectivity index (χ0n) is 50.7. The van der Waals surface area contributed by atoms with E-state index in [-0.39, 0.29) is 19.4 Å². The van der Waals surface area contributed by atoms with Crippen LogP contribution in [-0.4, -0.2) is 99.6 Å². The molecule has 0 aromatic rings. The normalized spacial score (nSPS) is 19.3. The molecule has 8 unspecified atom stereocenters. The maximum atomic E-state index is 13.4. The molecule has 1 aliphatic heterocycles. The van der Waals surface area contributed by atoms with Crippen molar-refractivity contribution in [3.05, 3.63) is 72.9 Å². The van der Waals surface area contributed by atoms with Gasteiger partial charge in [0.05, 0.1) is 25.4 Å². The van der Waals surface area contributed by atoms with E-state index in [1.807, 2.05) is 6.08 Å². The van der Waals surface area contributed by atoms with Crippen LogP contribution >= 0.6 is 0 Å². The number of esters is 1. The largest absolute Gasteiger partial charge is 0.454 e. The molecule has 1 rings (SSSR count). The molecule has 458 valence electrons. The number of rotatable bonds is 55. The molecule has 6 N–H and O–H groups in total. The van der Waals surface area contributed by atoms with Gasteiger partial charge in [-0.05, 0) is 96.3 Å². The summed E-state index contributed by atoms with van der Waals surface area (Å²) in [6.45, 7) is 5.75. The minimum Gasteiger partial charge on any atom is -0.454 e. The van der Waals surface area contributed by atoms with Crippen LogP contribution < -0.4 is 5.32 Å². The van der Waals surface area contributed by atoms with E-state index in [4.69, 9.17) is 14.2 Å². The Bertz CT molecular complexity index is 1560. The number of aliphatic hydroxyl groups excluding tert-OH is 5. The Hall–Kier alpha value is -2.90. The van der Waals surface area contributed by atoms with E-state index < -0.39 is 67.4 Å². The van der Waals surface area contributed by atoms with Gasteiger partial charge in [-0.3, -0.25) is 9.59 Å². The van der Waals surface area contributed by atoms with Crippen molar-refractivity contribution in [3.8, 4) is 0 Å². The van der Waals surface area contributed by atoms with E-state index >= 15 is 0 Å². The molecule has 11 nitrogen and oxygen atoms in total. The minimum absolute atomic E-state index is 0.0843. The summed E-state index contributed by atoms with van der Waals surface area (Å²) >= 11 is 0. The molecule has 0 saturated carbocycles. The van der Waals surface area contributed by atoms with Crippen LogP contribution in [0.1, 0.15) is 284 Å². The van der Waals surface area contributed by atoms with E-state index in [1.165, 1.54) is 161 Å². The number of hydrogen-bond donors (Lipinski definition) is 6. The predicted molar refractivity (Wildman–Crippen MR) is 329 cm³/mol. The number of nitrogens with one attached hydrogen (secondary N) is 1. The molecule has 0 aliphatic carbocycles. The van der Waals surface area contributed by atoms with Crippen LogP contribution in [0.3, 0.4) is 0 Å². The van der Waals surface area contributed by atoms with Gasteiger partial charge in [-0.25, -0.2) is 0 Å². The first-order chi connectivity index (χ1) is 38.7. The lowest BCUT2D eigenvalue weighted by Gasteiger charge is -2.41. The van der Waals surface area contributed by atoms with E-state index in [0.29, 0.717) is 12.8 Å². The molecule has 1 saturated heterocycles. The molecule has 1 heterocycles. The Morgan fingerprint density at radius 1 is 0.494 bits per heavy atom. The van der Waals surface area contributed by atoms with Crippen molar-refractivity contribution in [2.45, 2.75) is 333 Å². The summed E-state index contributed by atoms with van der Waals surface area (Å²) in [7, 11) is 0. The quantitative estimate of drug-likeness (QED) is 0.0195. The molecule has 0 radical (unpaired) electrons. The third-order valence-corrected chi connectivity index (χ3v) is 15.1. The van der Waals surface area contributed by atoms with E-state index in [9.17, 15) is 35.1 Å². The van der Waals surface area contributed by atoms with Crippen molar-refractivity contribution in [2.24, 2.45) is 0 Å². The number of unbranched alkanes of at least 4 members (excludes halogenated alkanes) is 31. The summed E-state index contributed by atoms with van der Waals surface area (Å²) in [5.41, 5.74) is 0. The summed E-state index contributed by atoms with van der Waals surface area (Å²) in [5, 5.41) is 57.0. The first kappa shape index (κ1) is 74.1. The standard InChI is InChI=1S/C68H121NO10/c1-4-7-10-13-16-19-22-24-26-28-30-32-33-35-37-40-43-46-49-52-55-61(72)67(76)69-59(60(71)54-51-48-45-42-39-21-18-15-12-9-6-3)58-77-68-66(65(75)64(74)62(57-70)78-68)79-63(73)56-53-50-47-44-41-38-36-34-31-29-27-25-23-20-17-14-11-8-5-2/h17,20,24-27,31,34,38,41,51,54,59-62,64-66,68,70-72,74-75H,4-16,18-19,21-23,28-30,32-33,35-37,39-40,42-50,52-53,55-58H2,1-3H3,(H,69,76)/b20-17-,26-24+,27-25-,34-31-,41-38-,54-51+. The summed E-state index contributed by atoms with van der Waals surface area (Å²) in [5.74, 6) is -1.23. The fourth-order valence-corrected chi connectivity index (χ4v) is 9.86. The van der Waals surface area contributed by atoms with Gasteiger partial charge in [-0.2, -0.15) is 0 Å². The predicted octanol–water partition coefficient (Wildman–Crippen LogP) is 16.0. The topological polar surface area (TPSA) is 175 Å². The lowest BCUT2D eigenvalue weighted by atomic mass is 9.99. The number of carbonyl (C=O) groups excluding carboxylic acids is 2. The van der Waals surface area contributed by atoms with Gasteiger partial charge in [-0.1, -0.05) is 254 Å². The first-order valence-electron chi connectivity index (χ1n) is 32.7. The second-order valence-electron chi connectivity index (χ2n) is 22.5. The molecule has 0 spiro atoms. The number of aliphatic hydroxyl groups is 5. The van der Waals surface area contributed by atoms with E-state index in [0.717, 1.165) is 77.0 Å². The van der Waals surface area contributed by atoms with Crippen molar-refractivity contribution in [1.82, 2.24) is 5.32 Å². The number of hydrogen-bond acceptors (Lipinski definition) is 10. The minimum atomic E-state index is -1.63. The van der Waals surface area contributed by atoms with Crippen LogP contribution in [0.4, 0.5) is 0 Å². The van der Waals surface area contributed by atoms with Crippen LogP contribution in [-0.2, 0) is 23.8 Å². The highest BCUT2D eigenvalue weighted by Crippen LogP contribution is 2.26. The fourth-order valence-electron chi connectivity index (χ4n) is 9.86. The smallest absolute Gasteiger partial charge is 0.306 e. The van der Waals surface area contributed by atoms with Gasteiger partial charge in [0.25, 0.3) is 0 Å². The zero-order chi connectivity index (χ0) is 57.5.